The zero-order chi connectivity index (χ0) is 19.1. The van der Waals surface area contributed by atoms with E-state index < -0.39 is 0 Å². The molecule has 0 aliphatic carbocycles. The van der Waals surface area contributed by atoms with Crippen LogP contribution in [0.15, 0.2) is 64.4 Å². The van der Waals surface area contributed by atoms with Crippen molar-refractivity contribution in [2.24, 2.45) is 0 Å². The first-order valence-corrected chi connectivity index (χ1v) is 8.80. The van der Waals surface area contributed by atoms with Crippen molar-refractivity contribution in [1.82, 2.24) is 14.2 Å². The number of pyridine rings is 3. The van der Waals surface area contributed by atoms with Gasteiger partial charge in [0.15, 0.2) is 0 Å². The summed E-state index contributed by atoms with van der Waals surface area (Å²) in [5, 5.41) is 3.10. The highest BCUT2D eigenvalue weighted by atomic mass is 35.5. The third kappa shape index (κ3) is 2.98. The number of rotatable bonds is 3. The molecule has 0 N–H and O–H groups in total. The molecule has 0 saturated heterocycles. The molecule has 0 bridgehead atoms. The molecule has 0 aliphatic rings. The third-order valence-electron chi connectivity index (χ3n) is 4.53. The first kappa shape index (κ1) is 17.3. The fraction of sp³-hybridized carbons (Fsp3) is 0.150. The normalized spacial score (nSPS) is 11.2. The van der Waals surface area contributed by atoms with Crippen LogP contribution in [0.4, 0.5) is 0 Å². The minimum absolute atomic E-state index is 0.207. The number of aromatic nitrogens is 3. The van der Waals surface area contributed by atoms with E-state index in [2.05, 4.69) is 4.98 Å². The molecule has 6 nitrogen and oxygen atoms in total. The molecule has 0 saturated carbocycles. The Morgan fingerprint density at radius 3 is 2.33 bits per heavy atom. The molecule has 0 radical (unpaired) electrons. The van der Waals surface area contributed by atoms with E-state index in [4.69, 9.17) is 11.6 Å². The summed E-state index contributed by atoms with van der Waals surface area (Å²) in [6.45, 7) is 0.350. The maximum atomic E-state index is 13.0. The van der Waals surface area contributed by atoms with Gasteiger partial charge in [0, 0.05) is 31.5 Å². The van der Waals surface area contributed by atoms with E-state index >= 15 is 0 Å². The molecule has 4 aromatic rings. The van der Waals surface area contributed by atoms with Crippen LogP contribution in [-0.2, 0) is 6.54 Å². The maximum absolute atomic E-state index is 13.0. The van der Waals surface area contributed by atoms with Crippen LogP contribution in [0.3, 0.4) is 0 Å². The first-order valence-electron chi connectivity index (χ1n) is 8.42. The highest BCUT2D eigenvalue weighted by molar-refractivity contribution is 6.31. The lowest BCUT2D eigenvalue weighted by molar-refractivity contribution is 0.706. The molecule has 136 valence electrons. The largest absolute Gasteiger partial charge is 0.316 e. The van der Waals surface area contributed by atoms with Crippen molar-refractivity contribution < 1.29 is 0 Å². The Kier molecular flexibility index (Phi) is 4.20. The quantitative estimate of drug-likeness (QED) is 0.513. The topological polar surface area (TPSA) is 60.1 Å². The van der Waals surface area contributed by atoms with Crippen molar-refractivity contribution in [3.63, 3.8) is 0 Å². The summed E-state index contributed by atoms with van der Waals surface area (Å²) in [6, 6.07) is 12.6. The SMILES string of the molecule is CN(C)n1ccc2nc3ccn(Cc4ccccc4Cl)c(=O)c3cc2c1=O. The minimum Gasteiger partial charge on any atom is -0.316 e. The lowest BCUT2D eigenvalue weighted by Gasteiger charge is -2.16. The molecule has 0 amide bonds. The Bertz CT molecular complexity index is 1290. The maximum Gasteiger partial charge on any atom is 0.278 e. The summed E-state index contributed by atoms with van der Waals surface area (Å²) in [6.07, 6.45) is 3.37. The van der Waals surface area contributed by atoms with Gasteiger partial charge in [-0.2, -0.15) is 0 Å². The van der Waals surface area contributed by atoms with Crippen molar-refractivity contribution in [1.29, 1.82) is 0 Å². The fourth-order valence-corrected chi connectivity index (χ4v) is 3.30. The second-order valence-corrected chi connectivity index (χ2v) is 6.91. The molecular weight excluding hydrogens is 364 g/mol. The van der Waals surface area contributed by atoms with Crippen molar-refractivity contribution in [3.8, 4) is 0 Å². The van der Waals surface area contributed by atoms with E-state index in [1.807, 2.05) is 18.2 Å². The zero-order valence-electron chi connectivity index (χ0n) is 14.9. The van der Waals surface area contributed by atoms with Gasteiger partial charge in [0.1, 0.15) is 0 Å². The Hall–Kier alpha value is -3.12. The molecule has 3 heterocycles. The summed E-state index contributed by atoms with van der Waals surface area (Å²) >= 11 is 6.21. The second kappa shape index (κ2) is 6.55. The lowest BCUT2D eigenvalue weighted by atomic mass is 10.1. The van der Waals surface area contributed by atoms with Gasteiger partial charge < -0.3 is 9.58 Å². The van der Waals surface area contributed by atoms with Gasteiger partial charge in [0.25, 0.3) is 11.1 Å². The van der Waals surface area contributed by atoms with E-state index in [1.54, 1.807) is 60.3 Å². The van der Waals surface area contributed by atoms with Crippen molar-refractivity contribution in [3.05, 3.63) is 86.2 Å². The van der Waals surface area contributed by atoms with Gasteiger partial charge in [0.05, 0.1) is 28.4 Å². The summed E-state index contributed by atoms with van der Waals surface area (Å²) < 4.78 is 3.05. The van der Waals surface area contributed by atoms with E-state index in [-0.39, 0.29) is 11.1 Å². The fourth-order valence-electron chi connectivity index (χ4n) is 3.10. The molecule has 0 aliphatic heterocycles. The molecule has 4 rings (SSSR count). The monoisotopic (exact) mass is 380 g/mol. The van der Waals surface area contributed by atoms with Crippen LogP contribution in [-0.4, -0.2) is 28.3 Å². The summed E-state index contributed by atoms with van der Waals surface area (Å²) in [5.74, 6) is 0. The van der Waals surface area contributed by atoms with Crippen LogP contribution in [0.25, 0.3) is 21.8 Å². The number of halogens is 1. The van der Waals surface area contributed by atoms with Crippen molar-refractivity contribution in [2.45, 2.75) is 6.54 Å². The third-order valence-corrected chi connectivity index (χ3v) is 4.90. The van der Waals surface area contributed by atoms with Gasteiger partial charge in [-0.1, -0.05) is 29.8 Å². The van der Waals surface area contributed by atoms with Crippen LogP contribution in [0, 0.1) is 0 Å². The van der Waals surface area contributed by atoms with Crippen LogP contribution >= 0.6 is 11.6 Å². The van der Waals surface area contributed by atoms with Crippen LogP contribution in [0.2, 0.25) is 5.02 Å². The van der Waals surface area contributed by atoms with Gasteiger partial charge in [0.2, 0.25) is 0 Å². The number of nitrogens with zero attached hydrogens (tertiary/aromatic N) is 4. The van der Waals surface area contributed by atoms with Crippen LogP contribution in [0.1, 0.15) is 5.56 Å². The standard InChI is InChI=1S/C20H17ClN4O2/c1-23(2)25-10-8-18-15(20(25)27)11-14-17(22-18)7-9-24(19(14)26)12-13-5-3-4-6-16(13)21/h3-11H,12H2,1-2H3. The van der Waals surface area contributed by atoms with Gasteiger partial charge >= 0.3 is 0 Å². The van der Waals surface area contributed by atoms with E-state index in [0.29, 0.717) is 33.4 Å². The molecule has 27 heavy (non-hydrogen) atoms. The second-order valence-electron chi connectivity index (χ2n) is 6.51. The molecule has 0 fully saturated rings. The Morgan fingerprint density at radius 2 is 1.63 bits per heavy atom. The van der Waals surface area contributed by atoms with Gasteiger partial charge in [-0.3, -0.25) is 9.59 Å². The summed E-state index contributed by atoms with van der Waals surface area (Å²) in [4.78, 5) is 30.2. The Labute approximate surface area is 159 Å². The molecular formula is C20H17ClN4O2. The van der Waals surface area contributed by atoms with Crippen molar-refractivity contribution >= 4 is 33.4 Å². The zero-order valence-corrected chi connectivity index (χ0v) is 15.6. The predicted molar refractivity (Wildman–Crippen MR) is 108 cm³/mol. The average molecular weight is 381 g/mol. The smallest absolute Gasteiger partial charge is 0.278 e. The molecule has 7 heteroatoms. The summed E-state index contributed by atoms with van der Waals surface area (Å²) in [7, 11) is 3.55. The van der Waals surface area contributed by atoms with E-state index in [0.717, 1.165) is 5.56 Å². The highest BCUT2D eigenvalue weighted by Gasteiger charge is 2.11. The van der Waals surface area contributed by atoms with Crippen LogP contribution in [0.5, 0.6) is 0 Å². The number of benzene rings is 1. The molecule has 0 atom stereocenters. The molecule has 0 unspecified atom stereocenters. The van der Waals surface area contributed by atoms with Gasteiger partial charge in [-0.25, -0.2) is 9.66 Å². The number of hydrogen-bond acceptors (Lipinski definition) is 4. The number of fused-ring (bicyclic) bond motifs is 2. The molecule has 1 aromatic carbocycles. The van der Waals surface area contributed by atoms with Gasteiger partial charge in [-0.05, 0) is 29.8 Å². The molecule has 3 aromatic heterocycles. The average Bonchev–Trinajstić information content (AvgIpc) is 2.65. The Morgan fingerprint density at radius 1 is 0.963 bits per heavy atom. The predicted octanol–water partition coefficient (Wildman–Crippen LogP) is 2.61. The van der Waals surface area contributed by atoms with E-state index in [1.165, 1.54) is 4.68 Å². The lowest BCUT2D eigenvalue weighted by Crippen LogP contribution is -2.35. The van der Waals surface area contributed by atoms with Crippen LogP contribution < -0.4 is 16.1 Å². The van der Waals surface area contributed by atoms with E-state index in [9.17, 15) is 9.59 Å². The number of hydrogen-bond donors (Lipinski definition) is 0. The van der Waals surface area contributed by atoms with Gasteiger partial charge in [-0.15, -0.1) is 0 Å². The summed E-state index contributed by atoms with van der Waals surface area (Å²) in [5.41, 5.74) is 1.55. The minimum atomic E-state index is -0.215. The van der Waals surface area contributed by atoms with Crippen molar-refractivity contribution in [2.75, 3.05) is 19.1 Å². The highest BCUT2D eigenvalue weighted by Crippen LogP contribution is 2.17. The molecule has 0 spiro atoms. The first-order chi connectivity index (χ1) is 13.0. The Balaban J connectivity index is 1.92.